The van der Waals surface area contributed by atoms with Crippen LogP contribution in [0.15, 0.2) is 91.7 Å². The van der Waals surface area contributed by atoms with Crippen LogP contribution in [0.25, 0.3) is 22.6 Å². The Hall–Kier alpha value is -4.13. The molecule has 4 heterocycles. The summed E-state index contributed by atoms with van der Waals surface area (Å²) in [4.78, 5) is 14.8. The van der Waals surface area contributed by atoms with Gasteiger partial charge in [-0.1, -0.05) is 18.2 Å². The SMILES string of the molecule is C1=C(c2ccncc2)CN(c2cccc(-c3nncn3-c3cncnc3)c2)C(C2CC2)=C1. The Labute approximate surface area is 185 Å². The van der Waals surface area contributed by atoms with Crippen LogP contribution in [0.5, 0.6) is 0 Å². The molecule has 1 saturated carbocycles. The van der Waals surface area contributed by atoms with Crippen LogP contribution >= 0.6 is 0 Å². The Bertz CT molecular complexity index is 1300. The van der Waals surface area contributed by atoms with Crippen molar-refractivity contribution in [3.8, 4) is 17.1 Å². The molecule has 32 heavy (non-hydrogen) atoms. The second-order valence-electron chi connectivity index (χ2n) is 8.05. The average Bonchev–Trinajstić information content (AvgIpc) is 3.60. The molecule has 1 aliphatic carbocycles. The number of benzene rings is 1. The van der Waals surface area contributed by atoms with Gasteiger partial charge in [-0.15, -0.1) is 10.2 Å². The van der Waals surface area contributed by atoms with E-state index in [4.69, 9.17) is 0 Å². The first kappa shape index (κ1) is 18.6. The molecule has 0 amide bonds. The summed E-state index contributed by atoms with van der Waals surface area (Å²) < 4.78 is 1.91. The highest BCUT2D eigenvalue weighted by atomic mass is 15.3. The maximum absolute atomic E-state index is 4.38. The number of rotatable bonds is 5. The molecule has 156 valence electrons. The number of hydrogen-bond donors (Lipinski definition) is 0. The van der Waals surface area contributed by atoms with Crippen molar-refractivity contribution in [1.29, 1.82) is 0 Å². The standard InChI is InChI=1S/C25H21N7/c1-2-20(25-30-29-17-32(25)23-13-27-16-28-14-23)12-22(3-1)31-15-21(18-8-10-26-11-9-18)6-7-24(31)19-4-5-19/h1-3,6-14,16-17,19H,4-5,15H2. The normalized spacial score (nSPS) is 15.9. The van der Waals surface area contributed by atoms with Crippen LogP contribution in [0.2, 0.25) is 0 Å². The summed E-state index contributed by atoms with van der Waals surface area (Å²) in [5.74, 6) is 1.40. The van der Waals surface area contributed by atoms with E-state index < -0.39 is 0 Å². The first-order valence-corrected chi connectivity index (χ1v) is 10.7. The van der Waals surface area contributed by atoms with Crippen molar-refractivity contribution in [2.75, 3.05) is 11.4 Å². The predicted molar refractivity (Wildman–Crippen MR) is 123 cm³/mol. The van der Waals surface area contributed by atoms with E-state index in [9.17, 15) is 0 Å². The maximum Gasteiger partial charge on any atom is 0.168 e. The van der Waals surface area contributed by atoms with Gasteiger partial charge in [0.2, 0.25) is 0 Å². The summed E-state index contributed by atoms with van der Waals surface area (Å²) >= 11 is 0. The van der Waals surface area contributed by atoms with E-state index in [1.165, 1.54) is 36.0 Å². The predicted octanol–water partition coefficient (Wildman–Crippen LogP) is 4.32. The van der Waals surface area contributed by atoms with Crippen molar-refractivity contribution >= 4 is 11.3 Å². The topological polar surface area (TPSA) is 72.6 Å². The zero-order chi connectivity index (χ0) is 21.3. The van der Waals surface area contributed by atoms with Crippen LogP contribution in [0.1, 0.15) is 18.4 Å². The van der Waals surface area contributed by atoms with Crippen LogP contribution in [0, 0.1) is 5.92 Å². The molecule has 3 aromatic heterocycles. The maximum atomic E-state index is 4.38. The van der Waals surface area contributed by atoms with Gasteiger partial charge < -0.3 is 4.90 Å². The van der Waals surface area contributed by atoms with E-state index in [-0.39, 0.29) is 0 Å². The summed E-state index contributed by atoms with van der Waals surface area (Å²) in [5, 5.41) is 8.52. The smallest absolute Gasteiger partial charge is 0.168 e. The second kappa shape index (κ2) is 7.85. The molecule has 7 heteroatoms. The minimum absolute atomic E-state index is 0.638. The number of allylic oxidation sites excluding steroid dienone is 3. The largest absolute Gasteiger partial charge is 0.340 e. The van der Waals surface area contributed by atoms with E-state index in [1.54, 1.807) is 18.7 Å². The number of aromatic nitrogens is 6. The van der Waals surface area contributed by atoms with Crippen molar-refractivity contribution in [2.24, 2.45) is 5.92 Å². The summed E-state index contributed by atoms with van der Waals surface area (Å²) in [5.41, 5.74) is 6.86. The van der Waals surface area contributed by atoms with Crippen molar-refractivity contribution in [3.05, 3.63) is 97.3 Å². The van der Waals surface area contributed by atoms with Gasteiger partial charge in [0, 0.05) is 35.9 Å². The summed E-state index contributed by atoms with van der Waals surface area (Å²) in [6, 6.07) is 12.6. The van der Waals surface area contributed by atoms with Gasteiger partial charge in [0.15, 0.2) is 5.82 Å². The highest BCUT2D eigenvalue weighted by Crippen LogP contribution is 2.43. The van der Waals surface area contributed by atoms with Crippen molar-refractivity contribution in [2.45, 2.75) is 12.8 Å². The van der Waals surface area contributed by atoms with Crippen molar-refractivity contribution < 1.29 is 0 Å². The van der Waals surface area contributed by atoms with E-state index in [0.29, 0.717) is 5.92 Å². The van der Waals surface area contributed by atoms with E-state index in [0.717, 1.165) is 29.3 Å². The zero-order valence-electron chi connectivity index (χ0n) is 17.4. The lowest BCUT2D eigenvalue weighted by Crippen LogP contribution is -2.28. The first-order chi connectivity index (χ1) is 15.9. The Morgan fingerprint density at radius 2 is 1.69 bits per heavy atom. The van der Waals surface area contributed by atoms with E-state index in [2.05, 4.69) is 78.6 Å². The summed E-state index contributed by atoms with van der Waals surface area (Å²) in [7, 11) is 0. The monoisotopic (exact) mass is 419 g/mol. The van der Waals surface area contributed by atoms with E-state index in [1.807, 2.05) is 17.0 Å². The van der Waals surface area contributed by atoms with Crippen LogP contribution in [-0.2, 0) is 0 Å². The molecule has 0 N–H and O–H groups in total. The Morgan fingerprint density at radius 3 is 2.50 bits per heavy atom. The van der Waals surface area contributed by atoms with Crippen molar-refractivity contribution in [1.82, 2.24) is 29.7 Å². The van der Waals surface area contributed by atoms with Gasteiger partial charge >= 0.3 is 0 Å². The molecule has 0 saturated heterocycles. The van der Waals surface area contributed by atoms with Gasteiger partial charge in [0.25, 0.3) is 0 Å². The molecular weight excluding hydrogens is 398 g/mol. The number of pyridine rings is 1. The van der Waals surface area contributed by atoms with Crippen molar-refractivity contribution in [3.63, 3.8) is 0 Å². The fraction of sp³-hybridized carbons (Fsp3) is 0.160. The lowest BCUT2D eigenvalue weighted by atomic mass is 10.0. The quantitative estimate of drug-likeness (QED) is 0.480. The van der Waals surface area contributed by atoms with Gasteiger partial charge in [0.05, 0.1) is 18.1 Å². The molecule has 0 radical (unpaired) electrons. The average molecular weight is 419 g/mol. The number of hydrogen-bond acceptors (Lipinski definition) is 6. The molecule has 6 rings (SSSR count). The summed E-state index contributed by atoms with van der Waals surface area (Å²) in [6.07, 6.45) is 17.5. The van der Waals surface area contributed by atoms with Gasteiger partial charge in [-0.25, -0.2) is 9.97 Å². The highest BCUT2D eigenvalue weighted by molar-refractivity contribution is 5.77. The van der Waals surface area contributed by atoms with Gasteiger partial charge in [-0.2, -0.15) is 0 Å². The molecule has 0 atom stereocenters. The molecule has 1 aliphatic heterocycles. The van der Waals surface area contributed by atoms with Crippen LogP contribution in [0.3, 0.4) is 0 Å². The Kier molecular flexibility index (Phi) is 4.57. The molecule has 4 aromatic rings. The molecule has 0 spiro atoms. The first-order valence-electron chi connectivity index (χ1n) is 10.7. The van der Waals surface area contributed by atoms with Gasteiger partial charge in [-0.3, -0.25) is 9.55 Å². The Balaban J connectivity index is 1.38. The lowest BCUT2D eigenvalue weighted by Gasteiger charge is -2.32. The Morgan fingerprint density at radius 1 is 0.844 bits per heavy atom. The number of nitrogens with zero attached hydrogens (tertiary/aromatic N) is 7. The van der Waals surface area contributed by atoms with E-state index >= 15 is 0 Å². The molecule has 0 bridgehead atoms. The fourth-order valence-corrected chi connectivity index (χ4v) is 4.17. The zero-order valence-corrected chi connectivity index (χ0v) is 17.4. The molecule has 7 nitrogen and oxygen atoms in total. The van der Waals surface area contributed by atoms with Gasteiger partial charge in [-0.05, 0) is 60.2 Å². The third kappa shape index (κ3) is 3.47. The third-order valence-corrected chi connectivity index (χ3v) is 5.93. The summed E-state index contributed by atoms with van der Waals surface area (Å²) in [6.45, 7) is 0.828. The van der Waals surface area contributed by atoms with Gasteiger partial charge in [0.1, 0.15) is 12.7 Å². The molecule has 2 aliphatic rings. The van der Waals surface area contributed by atoms with Crippen LogP contribution in [-0.4, -0.2) is 36.3 Å². The van der Waals surface area contributed by atoms with Crippen LogP contribution in [0.4, 0.5) is 5.69 Å². The molecule has 1 fully saturated rings. The molecular formula is C25H21N7. The number of anilines is 1. The highest BCUT2D eigenvalue weighted by Gasteiger charge is 2.32. The fourth-order valence-electron chi connectivity index (χ4n) is 4.17. The van der Waals surface area contributed by atoms with Crippen LogP contribution < -0.4 is 4.90 Å². The minimum atomic E-state index is 0.638. The molecule has 0 unspecified atom stereocenters. The minimum Gasteiger partial charge on any atom is -0.340 e. The lowest BCUT2D eigenvalue weighted by molar-refractivity contribution is 0.874. The second-order valence-corrected chi connectivity index (χ2v) is 8.05. The molecule has 1 aromatic carbocycles. The third-order valence-electron chi connectivity index (χ3n) is 5.93.